The van der Waals surface area contributed by atoms with Gasteiger partial charge in [-0.3, -0.25) is 0 Å². The molecule has 0 radical (unpaired) electrons. The lowest BCUT2D eigenvalue weighted by Gasteiger charge is -2.38. The fraction of sp³-hybridized carbons (Fsp3) is 0.593. The number of nitrogens with one attached hydrogen (secondary N) is 3. The molecule has 5 rings (SSSR count). The predicted molar refractivity (Wildman–Crippen MR) is 160 cm³/mol. The standard InChI is InChI=1S/C27H40N6O8S2/c1-28-25-24(14-23-26(31-25)39-12-11-32(23)3)43(37,38)33-9-7-27(8-10-33)15-19(17-41-27)30-16-20(34)18-40-21-5-4-6-22(13-21)42(35,36)29-2/h4-6,13-14,19-20,29-30,34H,7-12,15-18H2,1-3H3,(H,28,31)/t19-,20?/m1/s1. The average molecular weight is 641 g/mol. The molecule has 1 unspecified atom stereocenters. The molecule has 0 amide bonds. The van der Waals surface area contributed by atoms with Crippen molar-refractivity contribution < 1.29 is 36.2 Å². The third-order valence-corrected chi connectivity index (χ3v) is 11.5. The first-order valence-electron chi connectivity index (χ1n) is 14.2. The SMILES string of the molecule is CNc1nc2c(cc1S(=O)(=O)N1CCC3(CC1)C[C@@H](NCC(O)COc1cccc(S(=O)(=O)NC)c1)CO3)N(C)CCO2. The molecule has 4 N–H and O–H groups in total. The molecule has 0 bridgehead atoms. The lowest BCUT2D eigenvalue weighted by atomic mass is 9.88. The zero-order chi connectivity index (χ0) is 30.8. The maximum absolute atomic E-state index is 13.7. The Kier molecular flexibility index (Phi) is 9.37. The van der Waals surface area contributed by atoms with Gasteiger partial charge in [0, 0.05) is 45.8 Å². The first-order valence-corrected chi connectivity index (χ1v) is 17.2. The number of anilines is 2. The van der Waals surface area contributed by atoms with E-state index in [2.05, 4.69) is 20.3 Å². The number of likely N-dealkylation sites (N-methyl/N-ethyl adjacent to an activating group) is 1. The molecule has 14 nitrogen and oxygen atoms in total. The van der Waals surface area contributed by atoms with Gasteiger partial charge in [0.2, 0.25) is 25.9 Å². The Balaban J connectivity index is 1.12. The van der Waals surface area contributed by atoms with Gasteiger partial charge in [0.1, 0.15) is 41.5 Å². The quantitative estimate of drug-likeness (QED) is 0.263. The molecular formula is C27H40N6O8S2. The van der Waals surface area contributed by atoms with Crippen LogP contribution >= 0.6 is 0 Å². The van der Waals surface area contributed by atoms with E-state index in [1.807, 2.05) is 11.9 Å². The molecule has 0 saturated carbocycles. The molecule has 238 valence electrons. The van der Waals surface area contributed by atoms with Crippen LogP contribution in [0.3, 0.4) is 0 Å². The Morgan fingerprint density at radius 2 is 1.93 bits per heavy atom. The largest absolute Gasteiger partial charge is 0.491 e. The maximum Gasteiger partial charge on any atom is 0.246 e. The van der Waals surface area contributed by atoms with Crippen molar-refractivity contribution in [2.45, 2.75) is 46.8 Å². The second-order valence-corrected chi connectivity index (χ2v) is 14.8. The first-order chi connectivity index (χ1) is 20.5. The van der Waals surface area contributed by atoms with E-state index in [-0.39, 0.29) is 34.8 Å². The fourth-order valence-electron chi connectivity index (χ4n) is 5.62. The highest BCUT2D eigenvalue weighted by Crippen LogP contribution is 2.40. The number of nitrogens with zero attached hydrogens (tertiary/aromatic N) is 3. The Hall–Kier alpha value is -2.73. The number of pyridine rings is 1. The van der Waals surface area contributed by atoms with Crippen molar-refractivity contribution in [3.8, 4) is 11.6 Å². The third-order valence-electron chi connectivity index (χ3n) is 8.18. The zero-order valence-corrected chi connectivity index (χ0v) is 26.2. The van der Waals surface area contributed by atoms with E-state index >= 15 is 0 Å². The monoisotopic (exact) mass is 640 g/mol. The minimum atomic E-state index is -3.81. The van der Waals surface area contributed by atoms with Crippen LogP contribution in [0.4, 0.5) is 11.5 Å². The summed E-state index contributed by atoms with van der Waals surface area (Å²) in [5.41, 5.74) is 0.214. The van der Waals surface area contributed by atoms with Gasteiger partial charge >= 0.3 is 0 Å². The van der Waals surface area contributed by atoms with Crippen LogP contribution in [0.5, 0.6) is 11.6 Å². The zero-order valence-electron chi connectivity index (χ0n) is 24.6. The molecule has 1 spiro atoms. The highest BCUT2D eigenvalue weighted by atomic mass is 32.2. The number of rotatable bonds is 11. The number of benzene rings is 1. The third kappa shape index (κ3) is 6.84. The van der Waals surface area contributed by atoms with Gasteiger partial charge in [-0.2, -0.15) is 9.29 Å². The van der Waals surface area contributed by atoms with E-state index < -0.39 is 31.8 Å². The summed E-state index contributed by atoms with van der Waals surface area (Å²) < 4.78 is 72.6. The topological polar surface area (TPSA) is 172 Å². The smallest absolute Gasteiger partial charge is 0.246 e. The first kappa shape index (κ1) is 31.7. The second-order valence-electron chi connectivity index (χ2n) is 11.0. The van der Waals surface area contributed by atoms with Crippen molar-refractivity contribution in [1.29, 1.82) is 0 Å². The highest BCUT2D eigenvalue weighted by Gasteiger charge is 2.45. The van der Waals surface area contributed by atoms with E-state index in [1.165, 1.54) is 23.5 Å². The minimum absolute atomic E-state index is 0.00168. The lowest BCUT2D eigenvalue weighted by molar-refractivity contribution is -0.0312. The van der Waals surface area contributed by atoms with Crippen LogP contribution in [0, 0.1) is 0 Å². The van der Waals surface area contributed by atoms with Crippen LogP contribution in [0.1, 0.15) is 19.3 Å². The molecule has 4 heterocycles. The van der Waals surface area contributed by atoms with Crippen molar-refractivity contribution in [3.63, 3.8) is 0 Å². The molecule has 3 aliphatic heterocycles. The number of sulfonamides is 2. The van der Waals surface area contributed by atoms with Gasteiger partial charge in [-0.15, -0.1) is 0 Å². The van der Waals surface area contributed by atoms with Gasteiger partial charge in [0.15, 0.2) is 0 Å². The number of hydrogen-bond donors (Lipinski definition) is 4. The van der Waals surface area contributed by atoms with Gasteiger partial charge in [-0.05, 0) is 44.5 Å². The van der Waals surface area contributed by atoms with Gasteiger partial charge in [0.25, 0.3) is 0 Å². The van der Waals surface area contributed by atoms with Gasteiger partial charge in [-0.25, -0.2) is 21.6 Å². The molecule has 43 heavy (non-hydrogen) atoms. The minimum Gasteiger partial charge on any atom is -0.491 e. The molecular weight excluding hydrogens is 600 g/mol. The van der Waals surface area contributed by atoms with E-state index in [1.54, 1.807) is 25.2 Å². The summed E-state index contributed by atoms with van der Waals surface area (Å²) in [6, 6.07) is 7.71. The number of fused-ring (bicyclic) bond motifs is 1. The average Bonchev–Trinajstić information content (AvgIpc) is 3.40. The number of aliphatic hydroxyl groups excluding tert-OH is 1. The Bertz CT molecular complexity index is 1520. The van der Waals surface area contributed by atoms with Crippen LogP contribution < -0.4 is 29.7 Å². The molecule has 2 atom stereocenters. The molecule has 1 aromatic heterocycles. The molecule has 2 fully saturated rings. The van der Waals surface area contributed by atoms with E-state index in [9.17, 15) is 21.9 Å². The van der Waals surface area contributed by atoms with Crippen LogP contribution in [0.15, 0.2) is 40.1 Å². The molecule has 0 aliphatic carbocycles. The lowest BCUT2D eigenvalue weighted by Crippen LogP contribution is -2.47. The number of ether oxygens (including phenoxy) is 3. The number of aliphatic hydroxyl groups is 1. The normalized spacial score (nSPS) is 21.3. The maximum atomic E-state index is 13.7. The van der Waals surface area contributed by atoms with Crippen molar-refractivity contribution in [2.75, 3.05) is 77.4 Å². The highest BCUT2D eigenvalue weighted by molar-refractivity contribution is 7.89. The van der Waals surface area contributed by atoms with Crippen LogP contribution in [0.25, 0.3) is 0 Å². The van der Waals surface area contributed by atoms with Crippen molar-refractivity contribution in [2.24, 2.45) is 0 Å². The van der Waals surface area contributed by atoms with Gasteiger partial charge in [0.05, 0.1) is 23.6 Å². The van der Waals surface area contributed by atoms with E-state index in [0.717, 1.165) is 0 Å². The summed E-state index contributed by atoms with van der Waals surface area (Å²) in [6.07, 6.45) is 0.975. The molecule has 1 aromatic carbocycles. The summed E-state index contributed by atoms with van der Waals surface area (Å²) >= 11 is 0. The Labute approximate surface area is 252 Å². The second kappa shape index (κ2) is 12.7. The number of aromatic nitrogens is 1. The predicted octanol–water partition coefficient (Wildman–Crippen LogP) is 0.202. The molecule has 16 heteroatoms. The van der Waals surface area contributed by atoms with Crippen LogP contribution in [-0.2, 0) is 24.8 Å². The Morgan fingerprint density at radius 1 is 1.16 bits per heavy atom. The van der Waals surface area contributed by atoms with Gasteiger partial charge in [-0.1, -0.05) is 6.07 Å². The number of hydrogen-bond acceptors (Lipinski definition) is 12. The molecule has 3 aliphatic rings. The van der Waals surface area contributed by atoms with Crippen LogP contribution in [0.2, 0.25) is 0 Å². The van der Waals surface area contributed by atoms with Gasteiger partial charge < -0.3 is 34.9 Å². The summed E-state index contributed by atoms with van der Waals surface area (Å²) in [5, 5.41) is 16.7. The summed E-state index contributed by atoms with van der Waals surface area (Å²) in [7, 11) is -2.55. The van der Waals surface area contributed by atoms with Crippen LogP contribution in [-0.4, -0.2) is 116 Å². The fourth-order valence-corrected chi connectivity index (χ4v) is 7.98. The number of piperidine rings is 1. The molecule has 2 aromatic rings. The van der Waals surface area contributed by atoms with E-state index in [0.29, 0.717) is 69.4 Å². The summed E-state index contributed by atoms with van der Waals surface area (Å²) in [4.78, 5) is 6.58. The molecule has 2 saturated heterocycles. The summed E-state index contributed by atoms with van der Waals surface area (Å²) in [6.45, 7) is 2.47. The Morgan fingerprint density at radius 3 is 2.65 bits per heavy atom. The van der Waals surface area contributed by atoms with Crippen molar-refractivity contribution >= 4 is 31.6 Å². The van der Waals surface area contributed by atoms with Crippen molar-refractivity contribution in [1.82, 2.24) is 19.3 Å². The van der Waals surface area contributed by atoms with E-state index in [4.69, 9.17) is 14.2 Å². The summed E-state index contributed by atoms with van der Waals surface area (Å²) in [5.74, 6) is 1.01. The van der Waals surface area contributed by atoms with Crippen molar-refractivity contribution in [3.05, 3.63) is 30.3 Å².